The smallest absolute Gasteiger partial charge is 0.377 e. The normalized spacial score (nSPS) is 18.1. The summed E-state index contributed by atoms with van der Waals surface area (Å²) in [5, 5.41) is 10.4. The van der Waals surface area contributed by atoms with Gasteiger partial charge in [0.2, 0.25) is 11.7 Å². The number of aromatic nitrogens is 4. The summed E-state index contributed by atoms with van der Waals surface area (Å²) in [7, 11) is 0. The zero-order valence-electron chi connectivity index (χ0n) is 22.9. The van der Waals surface area contributed by atoms with Crippen LogP contribution in [0.3, 0.4) is 0 Å². The van der Waals surface area contributed by atoms with Crippen molar-refractivity contribution in [2.45, 2.75) is 52.4 Å². The Balaban J connectivity index is 1.58. The minimum Gasteiger partial charge on any atom is -0.377 e. The third kappa shape index (κ3) is 5.71. The Kier molecular flexibility index (Phi) is 7.88. The summed E-state index contributed by atoms with van der Waals surface area (Å²) in [6, 6.07) is 1.45. The number of hydrogen-bond donors (Lipinski definition) is 2. The van der Waals surface area contributed by atoms with Crippen molar-refractivity contribution < 1.29 is 27.1 Å². The number of amides is 1. The van der Waals surface area contributed by atoms with Gasteiger partial charge in [-0.3, -0.25) is 9.59 Å². The molecule has 0 radical (unpaired) electrons. The average molecular weight is 578 g/mol. The molecule has 14 heteroatoms. The van der Waals surface area contributed by atoms with Crippen LogP contribution in [0, 0.1) is 12.7 Å². The van der Waals surface area contributed by atoms with Crippen LogP contribution in [0.25, 0.3) is 11.4 Å². The number of hydrogen-bond acceptors (Lipinski definition) is 7. The van der Waals surface area contributed by atoms with Crippen LogP contribution in [-0.4, -0.2) is 64.0 Å². The van der Waals surface area contributed by atoms with Crippen molar-refractivity contribution in [3.63, 3.8) is 0 Å². The molecule has 220 valence electrons. The van der Waals surface area contributed by atoms with E-state index in [0.29, 0.717) is 75.0 Å². The molecule has 0 spiro atoms. The maximum absolute atomic E-state index is 14.3. The van der Waals surface area contributed by atoms with Gasteiger partial charge in [-0.1, -0.05) is 13.0 Å². The Morgan fingerprint density at radius 2 is 2.07 bits per heavy atom. The van der Waals surface area contributed by atoms with E-state index in [-0.39, 0.29) is 35.2 Å². The number of nitrogens with zero attached hydrogens (tertiary/aromatic N) is 5. The molecule has 0 unspecified atom stereocenters. The molecule has 0 aliphatic carbocycles. The Morgan fingerprint density at radius 1 is 1.29 bits per heavy atom. The van der Waals surface area contributed by atoms with Crippen molar-refractivity contribution in [2.24, 2.45) is 0 Å². The third-order valence-electron chi connectivity index (χ3n) is 7.29. The van der Waals surface area contributed by atoms with E-state index in [1.807, 2.05) is 24.8 Å². The summed E-state index contributed by atoms with van der Waals surface area (Å²) in [4.78, 5) is 33.8. The van der Waals surface area contributed by atoms with E-state index in [0.717, 1.165) is 5.57 Å². The topological polar surface area (TPSA) is 106 Å². The number of benzene rings is 1. The fourth-order valence-corrected chi connectivity index (χ4v) is 5.30. The van der Waals surface area contributed by atoms with E-state index in [1.165, 1.54) is 11.4 Å². The van der Waals surface area contributed by atoms with Gasteiger partial charge in [-0.2, -0.15) is 22.7 Å². The van der Waals surface area contributed by atoms with Crippen LogP contribution in [-0.2, 0) is 28.7 Å². The maximum atomic E-state index is 14.3. The SMILES string of the molecule is CCc1c(N2CCN[C@H](C)C2)c(=O)n2nc(C3=CCOCC3)nc2n1CC(=O)Nc1cc(F)c(C(F)(F)F)cc1C. The fourth-order valence-electron chi connectivity index (χ4n) is 5.30. The first-order valence-electron chi connectivity index (χ1n) is 13.4. The Labute approximate surface area is 233 Å². The lowest BCUT2D eigenvalue weighted by molar-refractivity contribution is -0.140. The largest absolute Gasteiger partial charge is 0.419 e. The highest BCUT2D eigenvalue weighted by molar-refractivity contribution is 5.91. The van der Waals surface area contributed by atoms with Crippen molar-refractivity contribution in [3.8, 4) is 0 Å². The molecule has 1 saturated heterocycles. The van der Waals surface area contributed by atoms with Crippen molar-refractivity contribution in [1.82, 2.24) is 24.5 Å². The number of nitrogens with one attached hydrogen (secondary N) is 2. The molecule has 4 heterocycles. The van der Waals surface area contributed by atoms with Crippen molar-refractivity contribution in [3.05, 3.63) is 57.0 Å². The van der Waals surface area contributed by atoms with E-state index in [9.17, 15) is 27.2 Å². The first kappa shape index (κ1) is 28.7. The van der Waals surface area contributed by atoms with Gasteiger partial charge in [0, 0.05) is 31.4 Å². The second kappa shape index (κ2) is 11.2. The number of carbonyl (C=O) groups is 1. The number of rotatable bonds is 6. The molecule has 2 aromatic heterocycles. The molecule has 1 aromatic carbocycles. The van der Waals surface area contributed by atoms with Crippen LogP contribution < -0.4 is 21.1 Å². The summed E-state index contributed by atoms with van der Waals surface area (Å²) < 4.78 is 61.9. The summed E-state index contributed by atoms with van der Waals surface area (Å²) in [5.74, 6) is -1.60. The average Bonchev–Trinajstić information content (AvgIpc) is 3.38. The number of alkyl halides is 3. The molecule has 1 atom stereocenters. The summed E-state index contributed by atoms with van der Waals surface area (Å²) in [6.07, 6.45) is -2.06. The van der Waals surface area contributed by atoms with Gasteiger partial charge in [0.1, 0.15) is 18.0 Å². The molecule has 5 rings (SSSR count). The van der Waals surface area contributed by atoms with Crippen molar-refractivity contribution >= 4 is 28.6 Å². The number of carbonyl (C=O) groups excluding carboxylic acids is 1. The highest BCUT2D eigenvalue weighted by Gasteiger charge is 2.35. The van der Waals surface area contributed by atoms with E-state index < -0.39 is 23.5 Å². The lowest BCUT2D eigenvalue weighted by Crippen LogP contribution is -2.51. The van der Waals surface area contributed by atoms with Crippen molar-refractivity contribution in [2.75, 3.05) is 43.1 Å². The lowest BCUT2D eigenvalue weighted by Gasteiger charge is -2.34. The Morgan fingerprint density at radius 3 is 2.73 bits per heavy atom. The first-order valence-corrected chi connectivity index (χ1v) is 13.4. The van der Waals surface area contributed by atoms with Gasteiger partial charge in [-0.15, -0.1) is 5.10 Å². The van der Waals surface area contributed by atoms with E-state index >= 15 is 0 Å². The minimum absolute atomic E-state index is 0.0551. The van der Waals surface area contributed by atoms with Gasteiger partial charge in [-0.05, 0) is 50.0 Å². The molecule has 41 heavy (non-hydrogen) atoms. The van der Waals surface area contributed by atoms with E-state index in [4.69, 9.17) is 4.74 Å². The van der Waals surface area contributed by atoms with Crippen LogP contribution in [0.2, 0.25) is 0 Å². The minimum atomic E-state index is -4.86. The molecular weight excluding hydrogens is 546 g/mol. The van der Waals surface area contributed by atoms with Crippen molar-refractivity contribution in [1.29, 1.82) is 0 Å². The van der Waals surface area contributed by atoms with Gasteiger partial charge in [0.25, 0.3) is 5.56 Å². The third-order valence-corrected chi connectivity index (χ3v) is 7.29. The highest BCUT2D eigenvalue weighted by Crippen LogP contribution is 2.34. The predicted molar refractivity (Wildman–Crippen MR) is 144 cm³/mol. The van der Waals surface area contributed by atoms with Crippen LogP contribution in [0.15, 0.2) is 23.0 Å². The molecule has 2 aliphatic rings. The standard InChI is InChI=1S/C27H31F4N7O3/c1-4-21-23(36-8-7-32-16(3)13-36)25(40)38-26(34-24(35-38)17-5-9-41-10-6-17)37(21)14-22(39)33-20-12-19(28)18(11-15(20)2)27(29,30)31/h5,11-12,16,32H,4,6-10,13-14H2,1-3H3,(H,33,39)/t16-/m1/s1. The van der Waals surface area contributed by atoms with Gasteiger partial charge in [-0.25, -0.2) is 4.39 Å². The number of anilines is 2. The number of piperazine rings is 1. The number of aryl methyl sites for hydroxylation is 1. The number of ether oxygens (including phenoxy) is 1. The zero-order chi connectivity index (χ0) is 29.5. The Hall–Kier alpha value is -3.78. The molecule has 1 fully saturated rings. The lowest BCUT2D eigenvalue weighted by atomic mass is 10.1. The Bertz CT molecular complexity index is 1580. The molecule has 0 saturated carbocycles. The summed E-state index contributed by atoms with van der Waals surface area (Å²) in [5.41, 5.74) is 0.0195. The van der Waals surface area contributed by atoms with Gasteiger partial charge >= 0.3 is 6.18 Å². The molecular formula is C27H31F4N7O3. The summed E-state index contributed by atoms with van der Waals surface area (Å²) >= 11 is 0. The van der Waals surface area contributed by atoms with Crippen LogP contribution in [0.4, 0.5) is 28.9 Å². The maximum Gasteiger partial charge on any atom is 0.419 e. The predicted octanol–water partition coefficient (Wildman–Crippen LogP) is 3.16. The van der Waals surface area contributed by atoms with Gasteiger partial charge in [0.05, 0.1) is 24.5 Å². The van der Waals surface area contributed by atoms with E-state index in [1.54, 1.807) is 4.57 Å². The summed E-state index contributed by atoms with van der Waals surface area (Å²) in [6.45, 7) is 7.58. The molecule has 3 aromatic rings. The van der Waals surface area contributed by atoms with Crippen LogP contribution in [0.5, 0.6) is 0 Å². The second-order valence-corrected chi connectivity index (χ2v) is 10.2. The molecule has 10 nitrogen and oxygen atoms in total. The van der Waals surface area contributed by atoms with Gasteiger partial charge < -0.3 is 24.8 Å². The monoisotopic (exact) mass is 577 g/mol. The zero-order valence-corrected chi connectivity index (χ0v) is 22.9. The molecule has 2 N–H and O–H groups in total. The molecule has 1 amide bonds. The first-order chi connectivity index (χ1) is 19.5. The fraction of sp³-hybridized carbons (Fsp3) is 0.481. The highest BCUT2D eigenvalue weighted by atomic mass is 19.4. The molecule has 2 aliphatic heterocycles. The van der Waals surface area contributed by atoms with Gasteiger partial charge in [0.15, 0.2) is 5.82 Å². The van der Waals surface area contributed by atoms with E-state index in [2.05, 4.69) is 20.7 Å². The van der Waals surface area contributed by atoms with Crippen LogP contribution in [0.1, 0.15) is 42.9 Å². The quantitative estimate of drug-likeness (QED) is 0.434. The molecule has 0 bridgehead atoms. The number of halogens is 4. The van der Waals surface area contributed by atoms with Crippen LogP contribution >= 0.6 is 0 Å². The second-order valence-electron chi connectivity index (χ2n) is 10.2. The number of fused-ring (bicyclic) bond motifs is 1.